The summed E-state index contributed by atoms with van der Waals surface area (Å²) in [6, 6.07) is 5.91. The fraction of sp³-hybridized carbons (Fsp3) is 0.538. The largest absolute Gasteiger partial charge is 0.454 e. The van der Waals surface area contributed by atoms with Gasteiger partial charge in [0.2, 0.25) is 6.79 Å². The molecule has 1 atom stereocenters. The molecule has 2 rings (SSSR count). The van der Waals surface area contributed by atoms with Gasteiger partial charge in [-0.3, -0.25) is 0 Å². The SMILES string of the molecule is CCC(CO)OCCc1ccc2c(c1)OCO2. The van der Waals surface area contributed by atoms with Gasteiger partial charge in [-0.2, -0.15) is 0 Å². The summed E-state index contributed by atoms with van der Waals surface area (Å²) in [6.07, 6.45) is 1.59. The summed E-state index contributed by atoms with van der Waals surface area (Å²) in [7, 11) is 0. The first-order valence-corrected chi connectivity index (χ1v) is 5.94. The van der Waals surface area contributed by atoms with Crippen molar-refractivity contribution in [1.29, 1.82) is 0 Å². The molecule has 4 nitrogen and oxygen atoms in total. The zero-order valence-electron chi connectivity index (χ0n) is 10.0. The standard InChI is InChI=1S/C13H18O4/c1-2-11(8-14)15-6-5-10-3-4-12-13(7-10)17-9-16-12/h3-4,7,11,14H,2,5-6,8-9H2,1H3. The maximum atomic E-state index is 8.99. The van der Waals surface area contributed by atoms with Gasteiger partial charge in [0, 0.05) is 0 Å². The highest BCUT2D eigenvalue weighted by molar-refractivity contribution is 5.44. The van der Waals surface area contributed by atoms with Crippen LogP contribution in [0.4, 0.5) is 0 Å². The molecule has 1 aromatic carbocycles. The van der Waals surface area contributed by atoms with Crippen molar-refractivity contribution in [2.45, 2.75) is 25.9 Å². The normalized spacial score (nSPS) is 14.9. The Morgan fingerprint density at radius 3 is 2.94 bits per heavy atom. The van der Waals surface area contributed by atoms with Crippen LogP contribution in [0.5, 0.6) is 11.5 Å². The van der Waals surface area contributed by atoms with Crippen LogP contribution in [0.15, 0.2) is 18.2 Å². The quantitative estimate of drug-likeness (QED) is 0.820. The number of aliphatic hydroxyl groups excluding tert-OH is 1. The number of hydrogen-bond acceptors (Lipinski definition) is 4. The maximum Gasteiger partial charge on any atom is 0.231 e. The Kier molecular flexibility index (Phi) is 4.23. The molecule has 1 aromatic rings. The van der Waals surface area contributed by atoms with Crippen LogP contribution in [-0.4, -0.2) is 31.2 Å². The summed E-state index contributed by atoms with van der Waals surface area (Å²) in [5.74, 6) is 1.60. The molecule has 17 heavy (non-hydrogen) atoms. The molecule has 0 fully saturated rings. The van der Waals surface area contributed by atoms with Crippen LogP contribution < -0.4 is 9.47 Å². The Labute approximate surface area is 101 Å². The molecule has 1 heterocycles. The monoisotopic (exact) mass is 238 g/mol. The smallest absolute Gasteiger partial charge is 0.231 e. The summed E-state index contributed by atoms with van der Waals surface area (Å²) in [4.78, 5) is 0. The van der Waals surface area contributed by atoms with Gasteiger partial charge < -0.3 is 19.3 Å². The van der Waals surface area contributed by atoms with Crippen molar-refractivity contribution in [2.75, 3.05) is 20.0 Å². The Morgan fingerprint density at radius 2 is 2.18 bits per heavy atom. The van der Waals surface area contributed by atoms with Crippen molar-refractivity contribution in [2.24, 2.45) is 0 Å². The van der Waals surface area contributed by atoms with Crippen LogP contribution in [0.25, 0.3) is 0 Å². The molecule has 0 aliphatic carbocycles. The maximum absolute atomic E-state index is 8.99. The third kappa shape index (κ3) is 3.11. The van der Waals surface area contributed by atoms with Crippen LogP contribution in [0.3, 0.4) is 0 Å². The molecule has 4 heteroatoms. The topological polar surface area (TPSA) is 47.9 Å². The van der Waals surface area contributed by atoms with E-state index in [2.05, 4.69) is 0 Å². The van der Waals surface area contributed by atoms with Gasteiger partial charge in [-0.05, 0) is 30.5 Å². The van der Waals surface area contributed by atoms with Gasteiger partial charge in [0.05, 0.1) is 19.3 Å². The lowest BCUT2D eigenvalue weighted by Gasteiger charge is -2.12. The number of benzene rings is 1. The Balaban J connectivity index is 1.83. The van der Waals surface area contributed by atoms with Crippen LogP contribution in [0, 0.1) is 0 Å². The molecule has 0 bridgehead atoms. The highest BCUT2D eigenvalue weighted by Gasteiger charge is 2.13. The van der Waals surface area contributed by atoms with E-state index in [-0.39, 0.29) is 12.7 Å². The molecule has 1 aliphatic heterocycles. The van der Waals surface area contributed by atoms with Gasteiger partial charge in [-0.1, -0.05) is 13.0 Å². The number of ether oxygens (including phenoxy) is 3. The van der Waals surface area contributed by atoms with E-state index in [0.29, 0.717) is 13.4 Å². The average Bonchev–Trinajstić information content (AvgIpc) is 2.82. The second-order valence-electron chi connectivity index (χ2n) is 4.02. The molecule has 0 spiro atoms. The fourth-order valence-electron chi connectivity index (χ4n) is 1.74. The van der Waals surface area contributed by atoms with E-state index in [1.165, 1.54) is 0 Å². The van der Waals surface area contributed by atoms with Gasteiger partial charge in [0.25, 0.3) is 0 Å². The number of rotatable bonds is 6. The minimum Gasteiger partial charge on any atom is -0.454 e. The zero-order valence-corrected chi connectivity index (χ0v) is 10.0. The molecule has 1 aliphatic rings. The fourth-order valence-corrected chi connectivity index (χ4v) is 1.74. The summed E-state index contributed by atoms with van der Waals surface area (Å²) in [6.45, 7) is 3.00. The van der Waals surface area contributed by atoms with Crippen LogP contribution in [0.1, 0.15) is 18.9 Å². The highest BCUT2D eigenvalue weighted by Crippen LogP contribution is 2.32. The minimum atomic E-state index is -0.0518. The Bertz CT molecular complexity index is 360. The van der Waals surface area contributed by atoms with Gasteiger partial charge >= 0.3 is 0 Å². The number of aliphatic hydroxyl groups is 1. The lowest BCUT2D eigenvalue weighted by Crippen LogP contribution is -2.17. The minimum absolute atomic E-state index is 0.0518. The molecular weight excluding hydrogens is 220 g/mol. The predicted octanol–water partition coefficient (Wildman–Crippen LogP) is 1.75. The molecule has 0 aromatic heterocycles. The molecule has 0 saturated heterocycles. The summed E-state index contributed by atoms with van der Waals surface area (Å²) >= 11 is 0. The van der Waals surface area contributed by atoms with Crippen molar-refractivity contribution < 1.29 is 19.3 Å². The molecule has 1 N–H and O–H groups in total. The van der Waals surface area contributed by atoms with E-state index in [4.69, 9.17) is 19.3 Å². The van der Waals surface area contributed by atoms with E-state index >= 15 is 0 Å². The Morgan fingerprint density at radius 1 is 1.35 bits per heavy atom. The zero-order chi connectivity index (χ0) is 12.1. The molecule has 0 radical (unpaired) electrons. The third-order valence-electron chi connectivity index (χ3n) is 2.84. The average molecular weight is 238 g/mol. The second-order valence-corrected chi connectivity index (χ2v) is 4.02. The highest BCUT2D eigenvalue weighted by atomic mass is 16.7. The first-order chi connectivity index (χ1) is 8.33. The van der Waals surface area contributed by atoms with Gasteiger partial charge in [0.1, 0.15) is 0 Å². The van der Waals surface area contributed by atoms with Crippen LogP contribution >= 0.6 is 0 Å². The van der Waals surface area contributed by atoms with Crippen molar-refractivity contribution in [3.63, 3.8) is 0 Å². The van der Waals surface area contributed by atoms with Crippen molar-refractivity contribution >= 4 is 0 Å². The lowest BCUT2D eigenvalue weighted by atomic mass is 10.1. The van der Waals surface area contributed by atoms with Crippen molar-refractivity contribution in [1.82, 2.24) is 0 Å². The summed E-state index contributed by atoms with van der Waals surface area (Å²) in [5, 5.41) is 8.99. The summed E-state index contributed by atoms with van der Waals surface area (Å²) < 4.78 is 16.1. The third-order valence-corrected chi connectivity index (χ3v) is 2.84. The van der Waals surface area contributed by atoms with Gasteiger partial charge in [-0.15, -0.1) is 0 Å². The van der Waals surface area contributed by atoms with E-state index in [0.717, 1.165) is 29.9 Å². The summed E-state index contributed by atoms with van der Waals surface area (Å²) in [5.41, 5.74) is 1.15. The molecule has 0 amide bonds. The first kappa shape index (κ1) is 12.2. The second kappa shape index (κ2) is 5.89. The van der Waals surface area contributed by atoms with E-state index in [1.807, 2.05) is 25.1 Å². The lowest BCUT2D eigenvalue weighted by molar-refractivity contribution is 0.0127. The molecule has 0 saturated carbocycles. The van der Waals surface area contributed by atoms with E-state index < -0.39 is 0 Å². The van der Waals surface area contributed by atoms with E-state index in [9.17, 15) is 0 Å². The number of fused-ring (bicyclic) bond motifs is 1. The van der Waals surface area contributed by atoms with Crippen LogP contribution in [0.2, 0.25) is 0 Å². The van der Waals surface area contributed by atoms with E-state index in [1.54, 1.807) is 0 Å². The van der Waals surface area contributed by atoms with Crippen LogP contribution in [-0.2, 0) is 11.2 Å². The molecular formula is C13H18O4. The molecule has 1 unspecified atom stereocenters. The number of hydrogen-bond donors (Lipinski definition) is 1. The first-order valence-electron chi connectivity index (χ1n) is 5.94. The van der Waals surface area contributed by atoms with Gasteiger partial charge in [-0.25, -0.2) is 0 Å². The van der Waals surface area contributed by atoms with Gasteiger partial charge in [0.15, 0.2) is 11.5 Å². The molecule has 94 valence electrons. The van der Waals surface area contributed by atoms with Crippen molar-refractivity contribution in [3.05, 3.63) is 23.8 Å². The Hall–Kier alpha value is -1.26. The predicted molar refractivity (Wildman–Crippen MR) is 63.4 cm³/mol. The van der Waals surface area contributed by atoms with Crippen molar-refractivity contribution in [3.8, 4) is 11.5 Å².